The second-order valence-electron chi connectivity index (χ2n) is 8.39. The lowest BCUT2D eigenvalue weighted by Gasteiger charge is -2.30. The van der Waals surface area contributed by atoms with E-state index in [1.54, 1.807) is 54.6 Å². The number of esters is 1. The highest BCUT2D eigenvalue weighted by Gasteiger charge is 2.39. The van der Waals surface area contributed by atoms with E-state index in [-0.39, 0.29) is 27.5 Å². The number of likely N-dealkylation sites (N-methyl/N-ethyl adjacent to an activating group) is 1. The Kier molecular flexibility index (Phi) is 7.37. The molecule has 0 amide bonds. The number of allylic oxidation sites excluding steroid dienone is 1. The van der Waals surface area contributed by atoms with E-state index in [9.17, 15) is 18.0 Å². The van der Waals surface area contributed by atoms with Crippen LogP contribution < -0.4 is 0 Å². The van der Waals surface area contributed by atoms with Crippen molar-refractivity contribution in [3.05, 3.63) is 107 Å². The fourth-order valence-corrected chi connectivity index (χ4v) is 5.49. The first kappa shape index (κ1) is 25.3. The molecule has 36 heavy (non-hydrogen) atoms. The molecule has 3 aromatic carbocycles. The van der Waals surface area contributed by atoms with Gasteiger partial charge in [0.05, 0.1) is 10.5 Å². The summed E-state index contributed by atoms with van der Waals surface area (Å²) in [5.41, 5.74) is 1.59. The Labute approximate surface area is 211 Å². The van der Waals surface area contributed by atoms with Gasteiger partial charge in [-0.1, -0.05) is 68.4 Å². The Morgan fingerprint density at radius 1 is 0.833 bits per heavy atom. The molecule has 186 valence electrons. The van der Waals surface area contributed by atoms with Gasteiger partial charge < -0.3 is 4.74 Å². The van der Waals surface area contributed by atoms with Gasteiger partial charge in [0.1, 0.15) is 5.70 Å². The SMILES string of the molecule is CCN(CC)Cc1ccc(C(=O)OC2=C(C(=O)c3ccccc3)N(C)S(=O)(=O)c3ccccc32)cc1. The first-order valence-electron chi connectivity index (χ1n) is 11.7. The van der Waals surface area contributed by atoms with Crippen molar-refractivity contribution in [2.45, 2.75) is 25.3 Å². The van der Waals surface area contributed by atoms with Gasteiger partial charge in [-0.05, 0) is 42.9 Å². The number of sulfonamides is 1. The van der Waals surface area contributed by atoms with Crippen LogP contribution in [0.5, 0.6) is 0 Å². The summed E-state index contributed by atoms with van der Waals surface area (Å²) in [7, 11) is -2.73. The molecule has 0 aromatic heterocycles. The van der Waals surface area contributed by atoms with Gasteiger partial charge in [-0.3, -0.25) is 14.0 Å². The van der Waals surface area contributed by atoms with Gasteiger partial charge in [-0.15, -0.1) is 0 Å². The van der Waals surface area contributed by atoms with Gasteiger partial charge in [-0.2, -0.15) is 0 Å². The predicted octanol–water partition coefficient (Wildman–Crippen LogP) is 4.57. The van der Waals surface area contributed by atoms with E-state index in [1.807, 2.05) is 12.1 Å². The largest absolute Gasteiger partial charge is 0.420 e. The molecule has 0 N–H and O–H groups in total. The van der Waals surface area contributed by atoms with E-state index in [0.717, 1.165) is 29.5 Å². The number of benzene rings is 3. The molecule has 3 aromatic rings. The van der Waals surface area contributed by atoms with E-state index in [0.29, 0.717) is 5.56 Å². The Bertz CT molecular complexity index is 1410. The van der Waals surface area contributed by atoms with Crippen molar-refractivity contribution in [2.24, 2.45) is 0 Å². The zero-order valence-corrected chi connectivity index (χ0v) is 21.3. The monoisotopic (exact) mass is 504 g/mol. The molecule has 0 radical (unpaired) electrons. The molecule has 0 spiro atoms. The smallest absolute Gasteiger partial charge is 0.343 e. The second-order valence-corrected chi connectivity index (χ2v) is 10.3. The van der Waals surface area contributed by atoms with E-state index < -0.39 is 21.8 Å². The van der Waals surface area contributed by atoms with Gasteiger partial charge in [0.25, 0.3) is 10.0 Å². The van der Waals surface area contributed by atoms with Gasteiger partial charge in [0, 0.05) is 24.7 Å². The summed E-state index contributed by atoms with van der Waals surface area (Å²) >= 11 is 0. The van der Waals surface area contributed by atoms with Crippen molar-refractivity contribution in [2.75, 3.05) is 20.1 Å². The van der Waals surface area contributed by atoms with Gasteiger partial charge in [0.15, 0.2) is 5.76 Å². The highest BCUT2D eigenvalue weighted by molar-refractivity contribution is 7.89. The lowest BCUT2D eigenvalue weighted by Crippen LogP contribution is -2.36. The van der Waals surface area contributed by atoms with E-state index in [1.165, 1.54) is 19.2 Å². The molecule has 0 unspecified atom stereocenters. The zero-order valence-electron chi connectivity index (χ0n) is 20.5. The number of hydrogen-bond donors (Lipinski definition) is 0. The second kappa shape index (κ2) is 10.5. The number of Topliss-reactive ketones (excluding diaryl/α,β-unsaturated/α-hetero) is 1. The number of nitrogens with zero attached hydrogens (tertiary/aromatic N) is 2. The van der Waals surface area contributed by atoms with E-state index in [2.05, 4.69) is 18.7 Å². The molecule has 0 bridgehead atoms. The molecule has 1 aliphatic rings. The Morgan fingerprint density at radius 2 is 1.44 bits per heavy atom. The third kappa shape index (κ3) is 4.82. The molecule has 0 saturated heterocycles. The molecular formula is C28H28N2O5S. The number of fused-ring (bicyclic) bond motifs is 1. The number of ether oxygens (including phenoxy) is 1. The molecular weight excluding hydrogens is 476 g/mol. The van der Waals surface area contributed by atoms with Crippen molar-refractivity contribution >= 4 is 27.5 Å². The number of rotatable bonds is 8. The minimum atomic E-state index is -4.02. The molecule has 0 saturated carbocycles. The van der Waals surface area contributed by atoms with Crippen LogP contribution in [0.4, 0.5) is 0 Å². The quantitative estimate of drug-likeness (QED) is 0.330. The van der Waals surface area contributed by atoms with E-state index >= 15 is 0 Å². The molecule has 0 aliphatic carbocycles. The van der Waals surface area contributed by atoms with E-state index in [4.69, 9.17) is 4.74 Å². The number of carbonyl (C=O) groups excluding carboxylic acids is 2. The summed E-state index contributed by atoms with van der Waals surface area (Å²) in [4.78, 5) is 28.9. The van der Waals surface area contributed by atoms with Crippen LogP contribution in [0, 0.1) is 0 Å². The number of ketones is 1. The summed E-state index contributed by atoms with van der Waals surface area (Å²) in [5.74, 6) is -1.33. The van der Waals surface area contributed by atoms with Crippen molar-refractivity contribution in [3.63, 3.8) is 0 Å². The van der Waals surface area contributed by atoms with Crippen LogP contribution >= 0.6 is 0 Å². The molecule has 8 heteroatoms. The minimum Gasteiger partial charge on any atom is -0.420 e. The Hall–Kier alpha value is -3.75. The van der Waals surface area contributed by atoms with Crippen molar-refractivity contribution < 1.29 is 22.7 Å². The van der Waals surface area contributed by atoms with Crippen LogP contribution in [0.25, 0.3) is 5.76 Å². The number of carbonyl (C=O) groups is 2. The van der Waals surface area contributed by atoms with Gasteiger partial charge in [-0.25, -0.2) is 13.2 Å². The average molecular weight is 505 g/mol. The first-order chi connectivity index (χ1) is 17.3. The maximum atomic E-state index is 13.5. The zero-order chi connectivity index (χ0) is 25.9. The maximum absolute atomic E-state index is 13.5. The molecule has 4 rings (SSSR count). The third-order valence-corrected chi connectivity index (χ3v) is 8.05. The Morgan fingerprint density at radius 3 is 2.08 bits per heavy atom. The molecule has 0 fully saturated rings. The fourth-order valence-electron chi connectivity index (χ4n) is 4.10. The third-order valence-electron chi connectivity index (χ3n) is 6.24. The standard InChI is InChI=1S/C28H28N2O5S/c1-4-30(5-2)19-20-15-17-22(18-16-20)28(32)35-27-23-13-9-10-14-24(23)36(33,34)29(3)25(27)26(31)21-11-7-6-8-12-21/h6-18H,4-5,19H2,1-3H3. The summed E-state index contributed by atoms with van der Waals surface area (Å²) in [6.07, 6.45) is 0. The van der Waals surface area contributed by atoms with Crippen LogP contribution in [-0.2, 0) is 21.3 Å². The summed E-state index contributed by atoms with van der Waals surface area (Å²) < 4.78 is 33.1. The summed E-state index contributed by atoms with van der Waals surface area (Å²) in [5, 5.41) is 0. The van der Waals surface area contributed by atoms with Crippen molar-refractivity contribution in [1.82, 2.24) is 9.21 Å². The van der Waals surface area contributed by atoms with Crippen LogP contribution in [0.2, 0.25) is 0 Å². The lowest BCUT2D eigenvalue weighted by molar-refractivity contribution is 0.0686. The number of hydrogen-bond acceptors (Lipinski definition) is 6. The summed E-state index contributed by atoms with van der Waals surface area (Å²) in [6.45, 7) is 6.79. The first-order valence-corrected chi connectivity index (χ1v) is 13.2. The van der Waals surface area contributed by atoms with Crippen molar-refractivity contribution in [3.8, 4) is 0 Å². The van der Waals surface area contributed by atoms with Crippen LogP contribution in [0.1, 0.15) is 45.7 Å². The molecule has 1 aliphatic heterocycles. The molecule has 0 atom stereocenters. The fraction of sp³-hybridized carbons (Fsp3) is 0.214. The van der Waals surface area contributed by atoms with Crippen LogP contribution in [-0.4, -0.2) is 49.5 Å². The van der Waals surface area contributed by atoms with Crippen LogP contribution in [0.3, 0.4) is 0 Å². The minimum absolute atomic E-state index is 0.0329. The molecule has 1 heterocycles. The Balaban J connectivity index is 1.75. The van der Waals surface area contributed by atoms with Crippen molar-refractivity contribution in [1.29, 1.82) is 0 Å². The highest BCUT2D eigenvalue weighted by atomic mass is 32.2. The lowest BCUT2D eigenvalue weighted by atomic mass is 10.0. The topological polar surface area (TPSA) is 84.0 Å². The highest BCUT2D eigenvalue weighted by Crippen LogP contribution is 2.38. The summed E-state index contributed by atoms with van der Waals surface area (Å²) in [6, 6.07) is 21.6. The predicted molar refractivity (Wildman–Crippen MR) is 138 cm³/mol. The average Bonchev–Trinajstić information content (AvgIpc) is 2.91. The normalized spacial score (nSPS) is 14.5. The van der Waals surface area contributed by atoms with Gasteiger partial charge >= 0.3 is 5.97 Å². The van der Waals surface area contributed by atoms with Gasteiger partial charge in [0.2, 0.25) is 5.78 Å². The maximum Gasteiger partial charge on any atom is 0.343 e. The molecule has 7 nitrogen and oxygen atoms in total. The van der Waals surface area contributed by atoms with Crippen LogP contribution in [0.15, 0.2) is 89.5 Å².